The zero-order chi connectivity index (χ0) is 16.9. The van der Waals surface area contributed by atoms with Gasteiger partial charge in [-0.05, 0) is 65.1 Å². The molecule has 1 radical (unpaired) electrons. The Morgan fingerprint density at radius 3 is 2.17 bits per heavy atom. The van der Waals surface area contributed by atoms with Gasteiger partial charge in [0, 0.05) is 0 Å². The maximum absolute atomic E-state index is 12.9. The van der Waals surface area contributed by atoms with Crippen molar-refractivity contribution < 1.29 is 8.42 Å². The van der Waals surface area contributed by atoms with E-state index >= 15 is 0 Å². The molecule has 0 fully saturated rings. The summed E-state index contributed by atoms with van der Waals surface area (Å²) in [5.74, 6) is 0. The van der Waals surface area contributed by atoms with Crippen LogP contribution in [0.3, 0.4) is 0 Å². The average molecular weight is 327 g/mol. The second-order valence-corrected chi connectivity index (χ2v) is 9.67. The number of hydrogen-bond donors (Lipinski definition) is 0. The van der Waals surface area contributed by atoms with Gasteiger partial charge in [0.25, 0.3) is 0 Å². The molecule has 0 bridgehead atoms. The highest BCUT2D eigenvalue weighted by molar-refractivity contribution is 7.91. The number of benzene rings is 2. The summed E-state index contributed by atoms with van der Waals surface area (Å²) in [5.41, 5.74) is 2.52. The molecule has 2 nitrogen and oxygen atoms in total. The third-order valence-electron chi connectivity index (χ3n) is 5.12. The lowest BCUT2D eigenvalue weighted by Crippen LogP contribution is -2.34. The zero-order valence-electron chi connectivity index (χ0n) is 14.2. The van der Waals surface area contributed by atoms with Gasteiger partial charge < -0.3 is 0 Å². The first kappa shape index (κ1) is 16.3. The minimum atomic E-state index is -3.49. The number of rotatable bonds is 2. The molecule has 2 aromatic rings. The Bertz CT molecular complexity index is 831. The highest BCUT2D eigenvalue weighted by atomic mass is 32.2. The molecule has 0 saturated carbocycles. The van der Waals surface area contributed by atoms with Crippen molar-refractivity contribution >= 4 is 9.84 Å². The van der Waals surface area contributed by atoms with Crippen LogP contribution in [0, 0.1) is 6.07 Å². The predicted molar refractivity (Wildman–Crippen MR) is 92.5 cm³/mol. The lowest BCUT2D eigenvalue weighted by Gasteiger charge is -2.42. The van der Waals surface area contributed by atoms with E-state index in [4.69, 9.17) is 0 Å². The maximum atomic E-state index is 12.9. The first-order valence-electron chi connectivity index (χ1n) is 8.01. The molecule has 0 N–H and O–H groups in total. The van der Waals surface area contributed by atoms with Crippen molar-refractivity contribution in [1.82, 2.24) is 0 Å². The van der Waals surface area contributed by atoms with Crippen LogP contribution in [0.2, 0.25) is 0 Å². The summed E-state index contributed by atoms with van der Waals surface area (Å²) >= 11 is 0. The minimum absolute atomic E-state index is 0.000797. The van der Waals surface area contributed by atoms with E-state index in [9.17, 15) is 8.42 Å². The minimum Gasteiger partial charge on any atom is -0.219 e. The lowest BCUT2D eigenvalue weighted by molar-refractivity contribution is 0.331. The smallest absolute Gasteiger partial charge is 0.206 e. The fourth-order valence-corrected chi connectivity index (χ4v) is 4.69. The normalized spacial score (nSPS) is 19.1. The third kappa shape index (κ3) is 2.72. The Labute approximate surface area is 139 Å². The molecule has 0 amide bonds. The molecule has 0 aliphatic heterocycles. The molecular weight excluding hydrogens is 304 g/mol. The van der Waals surface area contributed by atoms with E-state index in [2.05, 4.69) is 33.8 Å². The topological polar surface area (TPSA) is 34.1 Å². The van der Waals surface area contributed by atoms with Gasteiger partial charge in [-0.2, -0.15) is 0 Å². The highest BCUT2D eigenvalue weighted by Gasteiger charge is 2.37. The van der Waals surface area contributed by atoms with Crippen LogP contribution in [-0.2, 0) is 20.7 Å². The third-order valence-corrected chi connectivity index (χ3v) is 6.87. The van der Waals surface area contributed by atoms with Gasteiger partial charge in [0.05, 0.1) is 9.79 Å². The SMILES string of the molecule is CC1(C)CCC(C)(C)c2cc(S(=O)(=O)c3c[c]ccc3)ccc21. The summed E-state index contributed by atoms with van der Waals surface area (Å²) in [5, 5.41) is 0. The molecule has 0 atom stereocenters. The molecule has 1 aliphatic rings. The number of fused-ring (bicyclic) bond motifs is 1. The summed E-state index contributed by atoms with van der Waals surface area (Å²) < 4.78 is 25.7. The van der Waals surface area contributed by atoms with Gasteiger partial charge in [-0.25, -0.2) is 8.42 Å². The van der Waals surface area contributed by atoms with Crippen LogP contribution in [0.5, 0.6) is 0 Å². The highest BCUT2D eigenvalue weighted by Crippen LogP contribution is 2.46. The van der Waals surface area contributed by atoms with E-state index in [0.717, 1.165) is 18.4 Å². The predicted octanol–water partition coefficient (Wildman–Crippen LogP) is 4.67. The van der Waals surface area contributed by atoms with E-state index < -0.39 is 9.84 Å². The molecular formula is C20H23O2S. The van der Waals surface area contributed by atoms with E-state index in [1.54, 1.807) is 24.3 Å². The summed E-state index contributed by atoms with van der Waals surface area (Å²) in [4.78, 5) is 0.675. The average Bonchev–Trinajstić information content (AvgIpc) is 2.52. The second-order valence-electron chi connectivity index (χ2n) is 7.72. The maximum Gasteiger partial charge on any atom is 0.206 e. The van der Waals surface area contributed by atoms with Gasteiger partial charge in [0.2, 0.25) is 9.84 Å². The molecule has 2 aromatic carbocycles. The van der Waals surface area contributed by atoms with Crippen molar-refractivity contribution in [2.45, 2.75) is 61.2 Å². The van der Waals surface area contributed by atoms with Crippen LogP contribution in [0.25, 0.3) is 0 Å². The monoisotopic (exact) mass is 327 g/mol. The summed E-state index contributed by atoms with van der Waals surface area (Å²) in [6.45, 7) is 8.88. The van der Waals surface area contributed by atoms with Gasteiger partial charge in [-0.1, -0.05) is 45.9 Å². The zero-order valence-corrected chi connectivity index (χ0v) is 15.0. The summed E-state index contributed by atoms with van der Waals surface area (Å²) in [6.07, 6.45) is 2.18. The van der Waals surface area contributed by atoms with E-state index in [1.807, 2.05) is 12.1 Å². The van der Waals surface area contributed by atoms with Crippen LogP contribution in [-0.4, -0.2) is 8.42 Å². The van der Waals surface area contributed by atoms with Gasteiger partial charge in [0.1, 0.15) is 0 Å². The summed E-state index contributed by atoms with van der Waals surface area (Å²) in [7, 11) is -3.49. The van der Waals surface area contributed by atoms with E-state index in [-0.39, 0.29) is 10.8 Å². The fraction of sp³-hybridized carbons (Fsp3) is 0.400. The van der Waals surface area contributed by atoms with E-state index in [0.29, 0.717) is 9.79 Å². The number of hydrogen-bond acceptors (Lipinski definition) is 2. The van der Waals surface area contributed by atoms with Crippen molar-refractivity contribution in [1.29, 1.82) is 0 Å². The molecule has 1 aliphatic carbocycles. The van der Waals surface area contributed by atoms with Crippen LogP contribution in [0.4, 0.5) is 0 Å². The van der Waals surface area contributed by atoms with Crippen molar-refractivity contribution in [3.63, 3.8) is 0 Å². The van der Waals surface area contributed by atoms with Crippen LogP contribution in [0.15, 0.2) is 52.3 Å². The lowest BCUT2D eigenvalue weighted by atomic mass is 9.63. The first-order valence-corrected chi connectivity index (χ1v) is 9.49. The molecule has 23 heavy (non-hydrogen) atoms. The van der Waals surface area contributed by atoms with Gasteiger partial charge in [0.15, 0.2) is 0 Å². The number of sulfone groups is 1. The Balaban J connectivity index is 2.18. The standard InChI is InChI=1S/C20H23O2S/c1-19(2)12-13-20(3,4)18-14-16(10-11-17(18)19)23(21,22)15-8-6-5-7-9-15/h5-6,8-11,14H,12-13H2,1-4H3. The van der Waals surface area contributed by atoms with Crippen LogP contribution >= 0.6 is 0 Å². The van der Waals surface area contributed by atoms with Gasteiger partial charge >= 0.3 is 0 Å². The molecule has 0 spiro atoms. The fourth-order valence-electron chi connectivity index (χ4n) is 3.42. The largest absolute Gasteiger partial charge is 0.219 e. The molecule has 0 heterocycles. The Kier molecular flexibility index (Phi) is 3.68. The van der Waals surface area contributed by atoms with Gasteiger partial charge in [-0.15, -0.1) is 0 Å². The Morgan fingerprint density at radius 2 is 1.57 bits per heavy atom. The van der Waals surface area contributed by atoms with Crippen molar-refractivity contribution in [2.24, 2.45) is 0 Å². The molecule has 0 aromatic heterocycles. The Morgan fingerprint density at radius 1 is 0.913 bits per heavy atom. The molecule has 3 rings (SSSR count). The quantitative estimate of drug-likeness (QED) is 0.803. The van der Waals surface area contributed by atoms with Crippen LogP contribution in [0.1, 0.15) is 51.7 Å². The van der Waals surface area contributed by atoms with Crippen molar-refractivity contribution in [3.05, 3.63) is 59.7 Å². The molecule has 0 saturated heterocycles. The Hall–Kier alpha value is -1.61. The molecule has 0 unspecified atom stereocenters. The van der Waals surface area contributed by atoms with Gasteiger partial charge in [-0.3, -0.25) is 0 Å². The second kappa shape index (κ2) is 5.20. The van der Waals surface area contributed by atoms with Crippen molar-refractivity contribution in [3.8, 4) is 0 Å². The molecule has 3 heteroatoms. The van der Waals surface area contributed by atoms with E-state index in [1.165, 1.54) is 11.6 Å². The van der Waals surface area contributed by atoms with Crippen molar-refractivity contribution in [2.75, 3.05) is 0 Å². The van der Waals surface area contributed by atoms with Crippen LogP contribution < -0.4 is 0 Å². The molecule has 121 valence electrons. The first-order chi connectivity index (χ1) is 10.6. The summed E-state index contributed by atoms with van der Waals surface area (Å²) in [6, 6.07) is 15.1.